The Balaban J connectivity index is 2.32. The quantitative estimate of drug-likeness (QED) is 0.0246. The van der Waals surface area contributed by atoms with Crippen LogP contribution < -0.4 is 14.8 Å². The second kappa shape index (κ2) is 34.9. The van der Waals surface area contributed by atoms with E-state index in [1.165, 1.54) is 103 Å². The molecule has 13 nitrogen and oxygen atoms in total. The Kier molecular flexibility index (Phi) is 31.8. The van der Waals surface area contributed by atoms with E-state index in [0.29, 0.717) is 31.1 Å². The summed E-state index contributed by atoms with van der Waals surface area (Å²) < 4.78 is 71.1. The van der Waals surface area contributed by atoms with Crippen LogP contribution in [0.5, 0.6) is 11.5 Å². The van der Waals surface area contributed by atoms with Gasteiger partial charge in [0.1, 0.15) is 18.2 Å². The highest BCUT2D eigenvalue weighted by molar-refractivity contribution is 7.80. The minimum absolute atomic E-state index is 0.0713. The number of carbonyl (C=O) groups is 2. The average Bonchev–Trinajstić information content (AvgIpc) is 3.28. The summed E-state index contributed by atoms with van der Waals surface area (Å²) in [6, 6.07) is 3.30. The second-order valence-electron chi connectivity index (χ2n) is 20.7. The van der Waals surface area contributed by atoms with Gasteiger partial charge in [-0.15, -0.1) is 0 Å². The van der Waals surface area contributed by atoms with Crippen LogP contribution in [0.4, 0.5) is 0 Å². The number of carbonyl (C=O) groups excluding carboxylic acids is 2. The predicted octanol–water partition coefficient (Wildman–Crippen LogP) is 13.4. The van der Waals surface area contributed by atoms with Crippen LogP contribution >= 0.6 is 0 Å². The molecule has 0 aromatic heterocycles. The van der Waals surface area contributed by atoms with Gasteiger partial charge in [-0.2, -0.15) is 8.42 Å². The molecular weight excluding hydrogens is 903 g/mol. The smallest absolute Gasteiger partial charge is 0.397 e. The molecule has 1 aromatic carbocycles. The van der Waals surface area contributed by atoms with Crippen LogP contribution in [0.15, 0.2) is 18.2 Å². The van der Waals surface area contributed by atoms with Crippen LogP contribution in [-0.2, 0) is 33.3 Å². The van der Waals surface area contributed by atoms with Gasteiger partial charge >= 0.3 is 16.4 Å². The lowest BCUT2D eigenvalue weighted by Gasteiger charge is -2.45. The van der Waals surface area contributed by atoms with Crippen molar-refractivity contribution in [3.05, 3.63) is 23.8 Å². The van der Waals surface area contributed by atoms with E-state index in [9.17, 15) is 27.7 Å². The molecule has 1 aliphatic rings. The summed E-state index contributed by atoms with van der Waals surface area (Å²) >= 11 is 0. The number of esters is 1. The van der Waals surface area contributed by atoms with E-state index in [0.717, 1.165) is 64.2 Å². The van der Waals surface area contributed by atoms with Crippen molar-refractivity contribution in [1.82, 2.24) is 5.32 Å². The monoisotopic (exact) mass is 1000 g/mol. The largest absolute Gasteiger partial charge is 0.490 e. The maximum atomic E-state index is 14.3. The van der Waals surface area contributed by atoms with Crippen LogP contribution in [0.2, 0.25) is 18.1 Å². The van der Waals surface area contributed by atoms with Gasteiger partial charge in [0.2, 0.25) is 5.91 Å². The molecule has 3 N–H and O–H groups in total. The molecule has 0 radical (unpaired) electrons. The zero-order chi connectivity index (χ0) is 50.3. The lowest BCUT2D eigenvalue weighted by atomic mass is 9.96. The topological polar surface area (TPSA) is 176 Å². The zero-order valence-corrected chi connectivity index (χ0v) is 45.7. The van der Waals surface area contributed by atoms with E-state index < -0.39 is 61.2 Å². The Morgan fingerprint density at radius 2 is 1.10 bits per heavy atom. The molecule has 1 heterocycles. The predicted molar refractivity (Wildman–Crippen MR) is 275 cm³/mol. The molecule has 0 saturated carbocycles. The Morgan fingerprint density at radius 3 is 1.56 bits per heavy atom. The van der Waals surface area contributed by atoms with Crippen molar-refractivity contribution in [2.24, 2.45) is 0 Å². The molecule has 68 heavy (non-hydrogen) atoms. The van der Waals surface area contributed by atoms with Gasteiger partial charge in [0.05, 0.1) is 25.4 Å². The highest BCUT2D eigenvalue weighted by Crippen LogP contribution is 2.38. The standard InChI is InChI=1S/C53H97NO12SSi/c1-9-12-15-18-21-24-25-26-27-30-33-36-47(55)54-48-50(49(66-67(58,59)60)46(64-52(48)57)42-63-68(7,8)53(4,5)6)65-51(56)43-37-38-44(61-39-34-31-28-22-19-16-13-10-2)45(41-43)62-40-35-32-29-23-20-17-14-11-3/h37-38,41,46,48-50,52,57H,9-36,39-40,42H2,1-8H3,(H,54,55)(H,58,59,60)/t46-,48-,49-,50-,52?/m1/s1. The van der Waals surface area contributed by atoms with Gasteiger partial charge in [-0.3, -0.25) is 9.35 Å². The van der Waals surface area contributed by atoms with Crippen molar-refractivity contribution in [2.45, 2.75) is 270 Å². The minimum atomic E-state index is -5.18. The summed E-state index contributed by atoms with van der Waals surface area (Å²) in [5.41, 5.74) is 0.0713. The number of hydrogen-bond donors (Lipinski definition) is 3. The van der Waals surface area contributed by atoms with Crippen LogP contribution in [0.3, 0.4) is 0 Å². The molecule has 1 fully saturated rings. The van der Waals surface area contributed by atoms with Crippen molar-refractivity contribution < 1.29 is 55.2 Å². The zero-order valence-electron chi connectivity index (χ0n) is 43.9. The number of aliphatic hydroxyl groups is 1. The first-order chi connectivity index (χ1) is 32.4. The number of aliphatic hydroxyl groups excluding tert-OH is 1. The van der Waals surface area contributed by atoms with E-state index in [4.69, 9.17) is 27.6 Å². The fraction of sp³-hybridized carbons (Fsp3) is 0.849. The van der Waals surface area contributed by atoms with Crippen molar-refractivity contribution in [3.63, 3.8) is 0 Å². The third kappa shape index (κ3) is 26.3. The fourth-order valence-corrected chi connectivity index (χ4v) is 9.74. The maximum Gasteiger partial charge on any atom is 0.397 e. The van der Waals surface area contributed by atoms with Crippen LogP contribution in [-0.4, -0.2) is 88.7 Å². The molecule has 1 aliphatic heterocycles. The third-order valence-corrected chi connectivity index (χ3v) is 18.5. The molecule has 1 unspecified atom stereocenters. The number of hydrogen-bond acceptors (Lipinski definition) is 11. The lowest BCUT2D eigenvalue weighted by Crippen LogP contribution is -2.66. The second-order valence-corrected chi connectivity index (χ2v) is 26.5. The summed E-state index contributed by atoms with van der Waals surface area (Å²) in [5.74, 6) is -0.468. The highest BCUT2D eigenvalue weighted by Gasteiger charge is 2.52. The van der Waals surface area contributed by atoms with E-state index in [-0.39, 0.29) is 23.6 Å². The normalized spacial score (nSPS) is 18.9. The number of unbranched alkanes of at least 4 members (excludes halogenated alkanes) is 24. The minimum Gasteiger partial charge on any atom is -0.490 e. The first kappa shape index (κ1) is 61.8. The van der Waals surface area contributed by atoms with Crippen molar-refractivity contribution in [1.29, 1.82) is 0 Å². The highest BCUT2D eigenvalue weighted by atomic mass is 32.3. The molecule has 1 aromatic rings. The van der Waals surface area contributed by atoms with Gasteiger partial charge in [0.25, 0.3) is 0 Å². The molecule has 1 amide bonds. The number of rotatable bonds is 40. The van der Waals surface area contributed by atoms with Crippen LogP contribution in [0, 0.1) is 0 Å². The van der Waals surface area contributed by atoms with E-state index in [2.05, 4.69) is 26.1 Å². The van der Waals surface area contributed by atoms with Gasteiger partial charge in [-0.1, -0.05) is 196 Å². The number of nitrogens with one attached hydrogen (secondary N) is 1. The molecular formula is C53H97NO12SSi. The summed E-state index contributed by atoms with van der Waals surface area (Å²) in [7, 11) is -7.66. The Labute approximate surface area is 414 Å². The molecule has 5 atom stereocenters. The number of amides is 1. The van der Waals surface area contributed by atoms with Crippen molar-refractivity contribution in [2.75, 3.05) is 19.8 Å². The number of ether oxygens (including phenoxy) is 4. The molecule has 0 bridgehead atoms. The van der Waals surface area contributed by atoms with Gasteiger partial charge in [-0.25, -0.2) is 8.98 Å². The van der Waals surface area contributed by atoms with Crippen molar-refractivity contribution >= 4 is 30.6 Å². The van der Waals surface area contributed by atoms with Gasteiger partial charge in [0, 0.05) is 6.42 Å². The lowest BCUT2D eigenvalue weighted by molar-refractivity contribution is -0.247. The van der Waals surface area contributed by atoms with Gasteiger partial charge in [0.15, 0.2) is 32.2 Å². The SMILES string of the molecule is CCCCCCCCCCCCCC(=O)N[C@H]1C(O)O[C@H](CO[Si](C)(C)C(C)(C)C)[C@@H](OS(=O)(=O)O)[C@@H]1OC(=O)c1ccc(OCCCCCCCCCC)c(OCCCCCCCCCC)c1. The third-order valence-electron chi connectivity index (χ3n) is 13.6. The molecule has 396 valence electrons. The summed E-state index contributed by atoms with van der Waals surface area (Å²) in [4.78, 5) is 27.8. The molecule has 2 rings (SSSR count). The molecule has 1 saturated heterocycles. The maximum absolute atomic E-state index is 14.3. The fourth-order valence-electron chi connectivity index (χ4n) is 8.21. The molecule has 15 heteroatoms. The van der Waals surface area contributed by atoms with Gasteiger partial charge < -0.3 is 33.8 Å². The van der Waals surface area contributed by atoms with Crippen molar-refractivity contribution in [3.8, 4) is 11.5 Å². The summed E-state index contributed by atoms with van der Waals surface area (Å²) in [6.45, 7) is 17.4. The van der Waals surface area contributed by atoms with Crippen LogP contribution in [0.25, 0.3) is 0 Å². The van der Waals surface area contributed by atoms with E-state index in [1.807, 2.05) is 33.9 Å². The first-order valence-corrected chi connectivity index (χ1v) is 31.2. The molecule has 0 aliphatic carbocycles. The molecule has 0 spiro atoms. The summed E-state index contributed by atoms with van der Waals surface area (Å²) in [5, 5.41) is 14.0. The Morgan fingerprint density at radius 1 is 0.662 bits per heavy atom. The summed E-state index contributed by atoms with van der Waals surface area (Å²) in [6.07, 6.45) is 24.3. The van der Waals surface area contributed by atoms with Crippen LogP contribution in [0.1, 0.15) is 232 Å². The first-order valence-electron chi connectivity index (χ1n) is 27.0. The van der Waals surface area contributed by atoms with E-state index >= 15 is 0 Å². The average molecular weight is 1000 g/mol. The Hall–Kier alpha value is -2.27. The van der Waals surface area contributed by atoms with E-state index in [1.54, 1.807) is 18.2 Å². The Bertz CT molecular complexity index is 1610. The van der Waals surface area contributed by atoms with Gasteiger partial charge in [-0.05, 0) is 55.6 Å². The number of benzene rings is 1.